The SMILES string of the molecule is O=C(CCc1ccccn1)NCC[C@@H]1CCCN1. The van der Waals surface area contributed by atoms with E-state index in [4.69, 9.17) is 0 Å². The number of aromatic nitrogens is 1. The summed E-state index contributed by atoms with van der Waals surface area (Å²) in [6.07, 6.45) is 6.54. The Bertz CT molecular complexity index is 361. The summed E-state index contributed by atoms with van der Waals surface area (Å²) >= 11 is 0. The highest BCUT2D eigenvalue weighted by Gasteiger charge is 2.13. The van der Waals surface area contributed by atoms with Crippen molar-refractivity contribution in [3.8, 4) is 0 Å². The van der Waals surface area contributed by atoms with E-state index in [1.165, 1.54) is 12.8 Å². The van der Waals surface area contributed by atoms with E-state index in [0.717, 1.165) is 25.2 Å². The van der Waals surface area contributed by atoms with Gasteiger partial charge < -0.3 is 10.6 Å². The molecule has 4 nitrogen and oxygen atoms in total. The molecule has 1 aliphatic rings. The molecule has 0 radical (unpaired) electrons. The van der Waals surface area contributed by atoms with E-state index in [2.05, 4.69) is 15.6 Å². The Labute approximate surface area is 108 Å². The van der Waals surface area contributed by atoms with Crippen LogP contribution in [-0.4, -0.2) is 30.0 Å². The quantitative estimate of drug-likeness (QED) is 0.796. The van der Waals surface area contributed by atoms with Gasteiger partial charge in [0.2, 0.25) is 5.91 Å². The molecule has 0 saturated carbocycles. The zero-order chi connectivity index (χ0) is 12.6. The molecule has 1 atom stereocenters. The van der Waals surface area contributed by atoms with Gasteiger partial charge in [-0.15, -0.1) is 0 Å². The standard InChI is InChI=1S/C14H21N3O/c18-14(7-6-12-4-1-2-9-15-12)17-11-8-13-5-3-10-16-13/h1-2,4,9,13,16H,3,5-8,10-11H2,(H,17,18)/t13-/m0/s1. The van der Waals surface area contributed by atoms with Crippen LogP contribution < -0.4 is 10.6 Å². The zero-order valence-corrected chi connectivity index (χ0v) is 10.7. The van der Waals surface area contributed by atoms with Crippen molar-refractivity contribution in [1.82, 2.24) is 15.6 Å². The van der Waals surface area contributed by atoms with Crippen LogP contribution in [0.4, 0.5) is 0 Å². The molecule has 0 unspecified atom stereocenters. The van der Waals surface area contributed by atoms with Crippen LogP contribution in [0.15, 0.2) is 24.4 Å². The molecule has 1 aromatic rings. The minimum atomic E-state index is 0.124. The molecule has 1 fully saturated rings. The van der Waals surface area contributed by atoms with Crippen molar-refractivity contribution in [2.75, 3.05) is 13.1 Å². The fraction of sp³-hybridized carbons (Fsp3) is 0.571. The van der Waals surface area contributed by atoms with Crippen molar-refractivity contribution in [3.63, 3.8) is 0 Å². The van der Waals surface area contributed by atoms with Gasteiger partial charge in [0.05, 0.1) is 0 Å². The first kappa shape index (κ1) is 13.0. The number of nitrogens with one attached hydrogen (secondary N) is 2. The lowest BCUT2D eigenvalue weighted by atomic mass is 10.1. The number of pyridine rings is 1. The number of hydrogen-bond acceptors (Lipinski definition) is 3. The van der Waals surface area contributed by atoms with Crippen molar-refractivity contribution in [1.29, 1.82) is 0 Å². The third-order valence-corrected chi connectivity index (χ3v) is 3.31. The summed E-state index contributed by atoms with van der Waals surface area (Å²) in [7, 11) is 0. The molecule has 1 saturated heterocycles. The van der Waals surface area contributed by atoms with Crippen LogP contribution in [0, 0.1) is 0 Å². The lowest BCUT2D eigenvalue weighted by Gasteiger charge is -2.10. The van der Waals surface area contributed by atoms with Crippen LogP contribution in [0.1, 0.15) is 31.4 Å². The minimum absolute atomic E-state index is 0.124. The van der Waals surface area contributed by atoms with Gasteiger partial charge in [-0.3, -0.25) is 9.78 Å². The molecule has 4 heteroatoms. The number of rotatable bonds is 6. The summed E-state index contributed by atoms with van der Waals surface area (Å²) < 4.78 is 0. The van der Waals surface area contributed by atoms with Crippen LogP contribution in [0.5, 0.6) is 0 Å². The fourth-order valence-corrected chi connectivity index (χ4v) is 2.26. The maximum absolute atomic E-state index is 11.6. The molecule has 2 rings (SSSR count). The Morgan fingerprint density at radius 3 is 3.17 bits per heavy atom. The van der Waals surface area contributed by atoms with E-state index in [1.54, 1.807) is 6.20 Å². The van der Waals surface area contributed by atoms with Gasteiger partial charge in [-0.2, -0.15) is 0 Å². The van der Waals surface area contributed by atoms with Crippen LogP contribution in [0.2, 0.25) is 0 Å². The van der Waals surface area contributed by atoms with E-state index in [1.807, 2.05) is 18.2 Å². The van der Waals surface area contributed by atoms with Gasteiger partial charge in [0, 0.05) is 30.9 Å². The largest absolute Gasteiger partial charge is 0.356 e. The first-order chi connectivity index (χ1) is 8.84. The maximum Gasteiger partial charge on any atom is 0.220 e. The van der Waals surface area contributed by atoms with Gasteiger partial charge in [-0.25, -0.2) is 0 Å². The predicted molar refractivity (Wildman–Crippen MR) is 71.2 cm³/mol. The fourth-order valence-electron chi connectivity index (χ4n) is 2.26. The van der Waals surface area contributed by atoms with Crippen molar-refractivity contribution in [3.05, 3.63) is 30.1 Å². The number of aryl methyl sites for hydroxylation is 1. The van der Waals surface area contributed by atoms with E-state index in [9.17, 15) is 4.79 Å². The van der Waals surface area contributed by atoms with Crippen LogP contribution in [0.3, 0.4) is 0 Å². The van der Waals surface area contributed by atoms with Crippen LogP contribution in [-0.2, 0) is 11.2 Å². The summed E-state index contributed by atoms with van der Waals surface area (Å²) in [5.74, 6) is 0.124. The summed E-state index contributed by atoms with van der Waals surface area (Å²) in [6, 6.07) is 6.39. The Morgan fingerprint density at radius 1 is 1.50 bits per heavy atom. The third-order valence-electron chi connectivity index (χ3n) is 3.31. The number of amides is 1. The van der Waals surface area contributed by atoms with Gasteiger partial charge in [0.15, 0.2) is 0 Å². The van der Waals surface area contributed by atoms with E-state index < -0.39 is 0 Å². The Morgan fingerprint density at radius 2 is 2.44 bits per heavy atom. The second-order valence-corrected chi connectivity index (χ2v) is 4.75. The van der Waals surface area contributed by atoms with Gasteiger partial charge in [-0.05, 0) is 44.4 Å². The second kappa shape index (κ2) is 7.11. The van der Waals surface area contributed by atoms with Crippen molar-refractivity contribution in [2.24, 2.45) is 0 Å². The average molecular weight is 247 g/mol. The van der Waals surface area contributed by atoms with Gasteiger partial charge in [-0.1, -0.05) is 6.07 Å². The lowest BCUT2D eigenvalue weighted by Crippen LogP contribution is -2.30. The average Bonchev–Trinajstić information content (AvgIpc) is 2.91. The predicted octanol–water partition coefficient (Wildman–Crippen LogP) is 1.27. The van der Waals surface area contributed by atoms with Crippen molar-refractivity contribution < 1.29 is 4.79 Å². The van der Waals surface area contributed by atoms with Gasteiger partial charge in [0.1, 0.15) is 0 Å². The van der Waals surface area contributed by atoms with Crippen molar-refractivity contribution >= 4 is 5.91 Å². The third kappa shape index (κ3) is 4.45. The first-order valence-corrected chi connectivity index (χ1v) is 6.74. The number of carbonyl (C=O) groups is 1. The summed E-state index contributed by atoms with van der Waals surface area (Å²) in [5, 5.41) is 6.40. The van der Waals surface area contributed by atoms with Crippen LogP contribution >= 0.6 is 0 Å². The molecule has 0 aromatic carbocycles. The molecule has 1 aliphatic heterocycles. The zero-order valence-electron chi connectivity index (χ0n) is 10.7. The molecule has 1 amide bonds. The second-order valence-electron chi connectivity index (χ2n) is 4.75. The van der Waals surface area contributed by atoms with Crippen molar-refractivity contribution in [2.45, 2.75) is 38.1 Å². The molecule has 2 heterocycles. The number of hydrogen-bond donors (Lipinski definition) is 2. The molecule has 0 spiro atoms. The molecular weight excluding hydrogens is 226 g/mol. The molecule has 18 heavy (non-hydrogen) atoms. The maximum atomic E-state index is 11.6. The Kier molecular flexibility index (Phi) is 5.15. The molecule has 0 bridgehead atoms. The Hall–Kier alpha value is -1.42. The van der Waals surface area contributed by atoms with Gasteiger partial charge in [0.25, 0.3) is 0 Å². The monoisotopic (exact) mass is 247 g/mol. The normalized spacial score (nSPS) is 18.8. The van der Waals surface area contributed by atoms with Crippen LogP contribution in [0.25, 0.3) is 0 Å². The number of nitrogens with zero attached hydrogens (tertiary/aromatic N) is 1. The first-order valence-electron chi connectivity index (χ1n) is 6.74. The molecule has 1 aromatic heterocycles. The van der Waals surface area contributed by atoms with E-state index >= 15 is 0 Å². The topological polar surface area (TPSA) is 54.0 Å². The van der Waals surface area contributed by atoms with Gasteiger partial charge >= 0.3 is 0 Å². The summed E-state index contributed by atoms with van der Waals surface area (Å²) in [5.41, 5.74) is 0.977. The van der Waals surface area contributed by atoms with E-state index in [0.29, 0.717) is 18.9 Å². The Balaban J connectivity index is 1.57. The number of carbonyl (C=O) groups excluding carboxylic acids is 1. The van der Waals surface area contributed by atoms with E-state index in [-0.39, 0.29) is 5.91 Å². The highest BCUT2D eigenvalue weighted by molar-refractivity contribution is 5.76. The molecule has 0 aliphatic carbocycles. The molecular formula is C14H21N3O. The highest BCUT2D eigenvalue weighted by Crippen LogP contribution is 2.07. The lowest BCUT2D eigenvalue weighted by molar-refractivity contribution is -0.121. The smallest absolute Gasteiger partial charge is 0.220 e. The minimum Gasteiger partial charge on any atom is -0.356 e. The highest BCUT2D eigenvalue weighted by atomic mass is 16.1. The summed E-state index contributed by atoms with van der Waals surface area (Å²) in [6.45, 7) is 1.90. The molecule has 98 valence electrons. The summed E-state index contributed by atoms with van der Waals surface area (Å²) in [4.78, 5) is 15.8. The molecule has 2 N–H and O–H groups in total.